The summed E-state index contributed by atoms with van der Waals surface area (Å²) in [6.07, 6.45) is 0. The molecule has 0 bridgehead atoms. The number of hydrogen-bond donors (Lipinski definition) is 0. The van der Waals surface area contributed by atoms with Crippen LogP contribution in [0.2, 0.25) is 0 Å². The average molecular weight is 261 g/mol. The van der Waals surface area contributed by atoms with E-state index in [1.165, 1.54) is 11.5 Å². The average Bonchev–Trinajstić information content (AvgIpc) is 2.71. The van der Waals surface area contributed by atoms with Crippen LogP contribution in [0.5, 0.6) is 0 Å². The maximum absolute atomic E-state index is 5.02. The molecule has 0 aliphatic carbocycles. The fourth-order valence-electron chi connectivity index (χ4n) is 0.828. The van der Waals surface area contributed by atoms with Crippen molar-refractivity contribution in [2.24, 2.45) is 0 Å². The van der Waals surface area contributed by atoms with E-state index in [0.717, 1.165) is 10.6 Å². The molecule has 0 aliphatic rings. The van der Waals surface area contributed by atoms with E-state index in [2.05, 4.69) is 35.7 Å². The topological polar surface area (TPSA) is 64.7 Å². The molecule has 0 aromatic carbocycles. The van der Waals surface area contributed by atoms with Gasteiger partial charge in [0.05, 0.1) is 11.0 Å². The molecular formula is C6H5BrN4OS. The van der Waals surface area contributed by atoms with Crippen molar-refractivity contribution in [3.05, 3.63) is 11.5 Å². The van der Waals surface area contributed by atoms with Crippen LogP contribution in [0.4, 0.5) is 0 Å². The molecule has 0 saturated heterocycles. The molecule has 0 atom stereocenters. The fourth-order valence-corrected chi connectivity index (χ4v) is 1.63. The molecule has 0 amide bonds. The van der Waals surface area contributed by atoms with E-state index in [1.54, 1.807) is 0 Å². The Kier molecular flexibility index (Phi) is 2.36. The molecule has 2 aromatic heterocycles. The SMILES string of the molecule is Cc1nnsc1-c1nc(CBr)no1. The summed E-state index contributed by atoms with van der Waals surface area (Å²) in [5, 5.41) is 8.19. The van der Waals surface area contributed by atoms with Crippen LogP contribution in [-0.4, -0.2) is 19.7 Å². The normalized spacial score (nSPS) is 10.6. The lowest BCUT2D eigenvalue weighted by Crippen LogP contribution is -1.80. The lowest BCUT2D eigenvalue weighted by Gasteiger charge is -1.84. The maximum Gasteiger partial charge on any atom is 0.271 e. The highest BCUT2D eigenvalue weighted by Gasteiger charge is 2.13. The molecule has 0 fully saturated rings. The minimum atomic E-state index is 0.488. The van der Waals surface area contributed by atoms with Crippen molar-refractivity contribution in [2.75, 3.05) is 0 Å². The number of aromatic nitrogens is 4. The molecule has 0 spiro atoms. The van der Waals surface area contributed by atoms with Gasteiger partial charge in [0.15, 0.2) is 5.82 Å². The van der Waals surface area contributed by atoms with E-state index < -0.39 is 0 Å². The van der Waals surface area contributed by atoms with Gasteiger partial charge in [-0.1, -0.05) is 25.6 Å². The van der Waals surface area contributed by atoms with Gasteiger partial charge < -0.3 is 4.52 Å². The highest BCUT2D eigenvalue weighted by atomic mass is 79.9. The van der Waals surface area contributed by atoms with Gasteiger partial charge in [-0.15, -0.1) is 5.10 Å². The van der Waals surface area contributed by atoms with Gasteiger partial charge in [-0.2, -0.15) is 4.98 Å². The molecule has 2 rings (SSSR count). The van der Waals surface area contributed by atoms with Crippen LogP contribution in [0.1, 0.15) is 11.5 Å². The maximum atomic E-state index is 5.02. The van der Waals surface area contributed by atoms with Crippen LogP contribution in [0.15, 0.2) is 4.52 Å². The van der Waals surface area contributed by atoms with Crippen molar-refractivity contribution < 1.29 is 4.52 Å². The Labute approximate surface area is 86.5 Å². The van der Waals surface area contributed by atoms with Gasteiger partial charge >= 0.3 is 0 Å². The molecule has 68 valence electrons. The van der Waals surface area contributed by atoms with Crippen molar-refractivity contribution in [2.45, 2.75) is 12.3 Å². The first-order valence-electron chi connectivity index (χ1n) is 3.49. The summed E-state index contributed by atoms with van der Waals surface area (Å²) in [5.41, 5.74) is 0.815. The van der Waals surface area contributed by atoms with E-state index in [-0.39, 0.29) is 0 Å². The van der Waals surface area contributed by atoms with E-state index in [4.69, 9.17) is 4.52 Å². The molecule has 13 heavy (non-hydrogen) atoms. The number of alkyl halides is 1. The summed E-state index contributed by atoms with van der Waals surface area (Å²) in [6, 6.07) is 0. The zero-order valence-electron chi connectivity index (χ0n) is 6.69. The minimum Gasteiger partial charge on any atom is -0.333 e. The Bertz CT molecular complexity index is 412. The number of rotatable bonds is 2. The van der Waals surface area contributed by atoms with Gasteiger partial charge in [-0.3, -0.25) is 0 Å². The quantitative estimate of drug-likeness (QED) is 0.771. The Morgan fingerprint density at radius 1 is 1.54 bits per heavy atom. The van der Waals surface area contributed by atoms with Gasteiger partial charge in [-0.25, -0.2) is 0 Å². The summed E-state index contributed by atoms with van der Waals surface area (Å²) >= 11 is 4.49. The van der Waals surface area contributed by atoms with Crippen molar-refractivity contribution in [1.29, 1.82) is 0 Å². The summed E-state index contributed by atoms with van der Waals surface area (Å²) in [5.74, 6) is 1.12. The highest BCUT2D eigenvalue weighted by molar-refractivity contribution is 9.08. The predicted octanol–water partition coefficient (Wildman–Crippen LogP) is 1.79. The molecule has 5 nitrogen and oxygen atoms in total. The second kappa shape index (κ2) is 3.51. The number of halogens is 1. The third-order valence-electron chi connectivity index (χ3n) is 1.43. The van der Waals surface area contributed by atoms with Crippen molar-refractivity contribution in [3.63, 3.8) is 0 Å². The van der Waals surface area contributed by atoms with Gasteiger partial charge in [0.1, 0.15) is 4.88 Å². The third kappa shape index (κ3) is 1.61. The van der Waals surface area contributed by atoms with Crippen molar-refractivity contribution >= 4 is 27.5 Å². The largest absolute Gasteiger partial charge is 0.333 e. The van der Waals surface area contributed by atoms with Gasteiger partial charge in [0.25, 0.3) is 5.89 Å². The van der Waals surface area contributed by atoms with Gasteiger partial charge in [0.2, 0.25) is 0 Å². The molecular weight excluding hydrogens is 256 g/mol. The minimum absolute atomic E-state index is 0.488. The van der Waals surface area contributed by atoms with Gasteiger partial charge in [0, 0.05) is 0 Å². The Morgan fingerprint density at radius 2 is 2.38 bits per heavy atom. The van der Waals surface area contributed by atoms with Crippen LogP contribution in [-0.2, 0) is 5.33 Å². The molecule has 2 heterocycles. The van der Waals surface area contributed by atoms with Crippen LogP contribution < -0.4 is 0 Å². The first-order valence-corrected chi connectivity index (χ1v) is 5.38. The number of nitrogens with zero attached hydrogens (tertiary/aromatic N) is 4. The van der Waals surface area contributed by atoms with Crippen molar-refractivity contribution in [1.82, 2.24) is 19.7 Å². The molecule has 0 aliphatic heterocycles. The summed E-state index contributed by atoms with van der Waals surface area (Å²) in [7, 11) is 0. The molecule has 7 heteroatoms. The van der Waals surface area contributed by atoms with Crippen LogP contribution in [0, 0.1) is 6.92 Å². The first kappa shape index (κ1) is 8.76. The second-order valence-corrected chi connectivity index (χ2v) is 3.65. The first-order chi connectivity index (χ1) is 6.31. The van der Waals surface area contributed by atoms with Crippen LogP contribution in [0.3, 0.4) is 0 Å². The molecule has 2 aromatic rings. The highest BCUT2D eigenvalue weighted by Crippen LogP contribution is 2.23. The van der Waals surface area contributed by atoms with E-state index in [0.29, 0.717) is 17.0 Å². The Morgan fingerprint density at radius 3 is 2.92 bits per heavy atom. The zero-order valence-corrected chi connectivity index (χ0v) is 9.09. The predicted molar refractivity (Wildman–Crippen MR) is 50.6 cm³/mol. The van der Waals surface area contributed by atoms with E-state index in [1.807, 2.05) is 6.92 Å². The molecule has 0 radical (unpaired) electrons. The van der Waals surface area contributed by atoms with E-state index >= 15 is 0 Å². The zero-order chi connectivity index (χ0) is 9.26. The van der Waals surface area contributed by atoms with Crippen LogP contribution >= 0.6 is 27.5 Å². The number of hydrogen-bond acceptors (Lipinski definition) is 6. The fraction of sp³-hybridized carbons (Fsp3) is 0.333. The molecule has 0 N–H and O–H groups in total. The van der Waals surface area contributed by atoms with Gasteiger partial charge in [-0.05, 0) is 18.5 Å². The van der Waals surface area contributed by atoms with Crippen LogP contribution in [0.25, 0.3) is 10.8 Å². The monoisotopic (exact) mass is 260 g/mol. The smallest absolute Gasteiger partial charge is 0.271 e. The third-order valence-corrected chi connectivity index (χ3v) is 2.75. The second-order valence-electron chi connectivity index (χ2n) is 2.34. The lowest BCUT2D eigenvalue weighted by molar-refractivity contribution is 0.426. The molecule has 0 saturated carbocycles. The van der Waals surface area contributed by atoms with E-state index in [9.17, 15) is 0 Å². The Hall–Kier alpha value is -0.820. The summed E-state index contributed by atoms with van der Waals surface area (Å²) < 4.78 is 8.81. The summed E-state index contributed by atoms with van der Waals surface area (Å²) in [4.78, 5) is 4.97. The Balaban J connectivity index is 2.41. The standard InChI is InChI=1S/C6H5BrN4OS/c1-3-5(13-11-9-3)6-8-4(2-7)10-12-6/h2H2,1H3. The summed E-state index contributed by atoms with van der Waals surface area (Å²) in [6.45, 7) is 1.86. The molecule has 0 unspecified atom stereocenters. The lowest BCUT2D eigenvalue weighted by atomic mass is 10.4. The van der Waals surface area contributed by atoms with Crippen molar-refractivity contribution in [3.8, 4) is 10.8 Å². The number of aryl methyl sites for hydroxylation is 1.